The zero-order valence-electron chi connectivity index (χ0n) is 14.9. The summed E-state index contributed by atoms with van der Waals surface area (Å²) in [5.74, 6) is -1.81. The summed E-state index contributed by atoms with van der Waals surface area (Å²) < 4.78 is 68.6. The molecule has 2 aromatic carbocycles. The summed E-state index contributed by atoms with van der Waals surface area (Å²) >= 11 is 0. The van der Waals surface area contributed by atoms with Crippen LogP contribution in [0, 0.1) is 18.6 Å². The largest absolute Gasteiger partial charge is 0.419 e. The lowest BCUT2D eigenvalue weighted by Crippen LogP contribution is -2.08. The zero-order chi connectivity index (χ0) is 20.9. The van der Waals surface area contributed by atoms with Gasteiger partial charge in [-0.1, -0.05) is 12.1 Å². The minimum atomic E-state index is -4.75. The van der Waals surface area contributed by atoms with Crippen LogP contribution >= 0.6 is 0 Å². The number of aromatic amines is 1. The minimum absolute atomic E-state index is 0.0862. The van der Waals surface area contributed by atoms with Gasteiger partial charge in [-0.3, -0.25) is 4.79 Å². The van der Waals surface area contributed by atoms with E-state index >= 15 is 0 Å². The van der Waals surface area contributed by atoms with Gasteiger partial charge < -0.3 is 10.3 Å². The lowest BCUT2D eigenvalue weighted by Gasteiger charge is -2.11. The first-order valence-corrected chi connectivity index (χ1v) is 8.54. The molecule has 1 aliphatic rings. The Hall–Kier alpha value is -3.42. The molecule has 3 aromatic rings. The summed E-state index contributed by atoms with van der Waals surface area (Å²) in [5.41, 5.74) is -0.660. The molecule has 0 bridgehead atoms. The molecule has 1 aliphatic heterocycles. The molecule has 0 radical (unpaired) electrons. The van der Waals surface area contributed by atoms with E-state index in [2.05, 4.69) is 10.3 Å². The number of nitrogens with one attached hydrogen (secondary N) is 2. The van der Waals surface area contributed by atoms with E-state index in [0.717, 1.165) is 30.3 Å². The Labute approximate surface area is 161 Å². The molecule has 2 heterocycles. The molecule has 0 saturated heterocycles. The van der Waals surface area contributed by atoms with Crippen LogP contribution < -0.4 is 5.32 Å². The molecule has 1 amide bonds. The second-order valence-corrected chi connectivity index (χ2v) is 6.62. The van der Waals surface area contributed by atoms with Gasteiger partial charge in [0.05, 0.1) is 16.8 Å². The average molecular weight is 404 g/mol. The Kier molecular flexibility index (Phi) is 4.29. The lowest BCUT2D eigenvalue weighted by atomic mass is 9.98. The number of H-pyrrole nitrogens is 1. The molecule has 0 spiro atoms. The highest BCUT2D eigenvalue weighted by atomic mass is 19.4. The Morgan fingerprint density at radius 2 is 1.62 bits per heavy atom. The van der Waals surface area contributed by atoms with Gasteiger partial charge in [-0.25, -0.2) is 8.78 Å². The second-order valence-electron chi connectivity index (χ2n) is 6.62. The van der Waals surface area contributed by atoms with Crippen LogP contribution in [0.25, 0.3) is 22.8 Å². The number of anilines is 1. The van der Waals surface area contributed by atoms with Crippen LogP contribution in [0.2, 0.25) is 0 Å². The van der Waals surface area contributed by atoms with Gasteiger partial charge >= 0.3 is 6.18 Å². The van der Waals surface area contributed by atoms with E-state index in [4.69, 9.17) is 0 Å². The van der Waals surface area contributed by atoms with Gasteiger partial charge in [-0.05, 0) is 48.9 Å². The summed E-state index contributed by atoms with van der Waals surface area (Å²) in [6.07, 6.45) is -3.69. The topological polar surface area (TPSA) is 44.9 Å². The number of carbonyl (C=O) groups is 1. The highest BCUT2D eigenvalue weighted by Crippen LogP contribution is 2.43. The quantitative estimate of drug-likeness (QED) is 0.413. The third kappa shape index (κ3) is 3.30. The highest BCUT2D eigenvalue weighted by Gasteiger charge is 2.39. The van der Waals surface area contributed by atoms with Crippen LogP contribution in [0.4, 0.5) is 27.6 Å². The van der Waals surface area contributed by atoms with Crippen molar-refractivity contribution in [3.8, 4) is 11.1 Å². The molecule has 29 heavy (non-hydrogen) atoms. The third-order valence-corrected chi connectivity index (χ3v) is 4.69. The van der Waals surface area contributed by atoms with Crippen molar-refractivity contribution in [1.82, 2.24) is 4.98 Å². The van der Waals surface area contributed by atoms with E-state index < -0.39 is 29.3 Å². The molecule has 0 atom stereocenters. The van der Waals surface area contributed by atoms with Gasteiger partial charge in [0.1, 0.15) is 11.6 Å². The summed E-state index contributed by atoms with van der Waals surface area (Å²) in [5, 5.41) is 2.50. The van der Waals surface area contributed by atoms with Crippen LogP contribution in [0.3, 0.4) is 0 Å². The molecule has 4 rings (SSSR count). The molecule has 0 unspecified atom stereocenters. The fourth-order valence-corrected chi connectivity index (χ4v) is 3.48. The standard InChI is InChI=1S/C21H13F5N2O/c1-10-18(11-2-4-12(22)5-3-11)19(21(24,25)26)17(27-10)9-15-14-8-13(23)6-7-16(14)28-20(15)29/h2-9,27H,1H3,(H,28,29)/b15-9-. The van der Waals surface area contributed by atoms with Crippen molar-refractivity contribution in [2.24, 2.45) is 0 Å². The Bertz CT molecular complexity index is 1160. The van der Waals surface area contributed by atoms with Crippen LogP contribution in [0.15, 0.2) is 42.5 Å². The number of halogens is 5. The lowest BCUT2D eigenvalue weighted by molar-refractivity contribution is -0.137. The van der Waals surface area contributed by atoms with Gasteiger partial charge in [0.15, 0.2) is 0 Å². The second kappa shape index (κ2) is 6.58. The van der Waals surface area contributed by atoms with Crippen molar-refractivity contribution in [3.05, 3.63) is 76.6 Å². The average Bonchev–Trinajstić information content (AvgIpc) is 3.13. The van der Waals surface area contributed by atoms with Gasteiger partial charge in [-0.2, -0.15) is 13.2 Å². The van der Waals surface area contributed by atoms with E-state index in [1.54, 1.807) is 0 Å². The molecule has 0 aliphatic carbocycles. The van der Waals surface area contributed by atoms with Crippen molar-refractivity contribution in [3.63, 3.8) is 0 Å². The normalized spacial score (nSPS) is 15.0. The number of carbonyl (C=O) groups excluding carboxylic acids is 1. The number of hydrogen-bond acceptors (Lipinski definition) is 1. The maximum absolute atomic E-state index is 13.9. The molecule has 2 N–H and O–H groups in total. The maximum atomic E-state index is 13.9. The van der Waals surface area contributed by atoms with Crippen LogP contribution in [-0.4, -0.2) is 10.9 Å². The van der Waals surface area contributed by atoms with E-state index in [1.165, 1.54) is 25.1 Å². The monoisotopic (exact) mass is 404 g/mol. The first-order valence-electron chi connectivity index (χ1n) is 8.54. The van der Waals surface area contributed by atoms with Crippen molar-refractivity contribution < 1.29 is 26.7 Å². The number of fused-ring (bicyclic) bond motifs is 1. The van der Waals surface area contributed by atoms with Gasteiger partial charge in [0.25, 0.3) is 5.91 Å². The summed E-state index contributed by atoms with van der Waals surface area (Å²) in [4.78, 5) is 14.9. The third-order valence-electron chi connectivity index (χ3n) is 4.69. The van der Waals surface area contributed by atoms with Crippen molar-refractivity contribution in [2.45, 2.75) is 13.1 Å². The Balaban J connectivity index is 1.93. The number of benzene rings is 2. The van der Waals surface area contributed by atoms with Crippen molar-refractivity contribution in [2.75, 3.05) is 5.32 Å². The predicted molar refractivity (Wildman–Crippen MR) is 98.8 cm³/mol. The van der Waals surface area contributed by atoms with E-state index in [0.29, 0.717) is 5.69 Å². The molecule has 0 saturated carbocycles. The molecule has 8 heteroatoms. The number of rotatable bonds is 2. The predicted octanol–water partition coefficient (Wildman–Crippen LogP) is 5.78. The number of aromatic nitrogens is 1. The van der Waals surface area contributed by atoms with E-state index in [1.807, 2.05) is 0 Å². The first-order chi connectivity index (χ1) is 13.6. The molecule has 1 aromatic heterocycles. The Morgan fingerprint density at radius 1 is 0.966 bits per heavy atom. The number of aryl methyl sites for hydroxylation is 1. The van der Waals surface area contributed by atoms with Gasteiger partial charge in [-0.15, -0.1) is 0 Å². The maximum Gasteiger partial charge on any atom is 0.419 e. The van der Waals surface area contributed by atoms with Crippen LogP contribution in [0.5, 0.6) is 0 Å². The smallest absolute Gasteiger partial charge is 0.358 e. The summed E-state index contributed by atoms with van der Waals surface area (Å²) in [6.45, 7) is 1.46. The van der Waals surface area contributed by atoms with Gasteiger partial charge in [0.2, 0.25) is 0 Å². The van der Waals surface area contributed by atoms with Crippen LogP contribution in [0.1, 0.15) is 22.5 Å². The van der Waals surface area contributed by atoms with Crippen molar-refractivity contribution in [1.29, 1.82) is 0 Å². The van der Waals surface area contributed by atoms with E-state index in [9.17, 15) is 26.7 Å². The molecule has 3 nitrogen and oxygen atoms in total. The molecule has 148 valence electrons. The fraction of sp³-hybridized carbons (Fsp3) is 0.0952. The summed E-state index contributed by atoms with van der Waals surface area (Å²) in [7, 11) is 0. The van der Waals surface area contributed by atoms with E-state index in [-0.39, 0.29) is 33.7 Å². The molecular formula is C21H13F5N2O. The van der Waals surface area contributed by atoms with Crippen molar-refractivity contribution >= 4 is 23.2 Å². The molecular weight excluding hydrogens is 391 g/mol. The number of alkyl halides is 3. The van der Waals surface area contributed by atoms with Crippen LogP contribution in [-0.2, 0) is 11.0 Å². The fourth-order valence-electron chi connectivity index (χ4n) is 3.48. The zero-order valence-corrected chi connectivity index (χ0v) is 14.9. The number of hydrogen-bond donors (Lipinski definition) is 2. The Morgan fingerprint density at radius 3 is 2.28 bits per heavy atom. The van der Waals surface area contributed by atoms with Gasteiger partial charge in [0, 0.05) is 22.5 Å². The first kappa shape index (κ1) is 18.9. The number of amides is 1. The highest BCUT2D eigenvalue weighted by molar-refractivity contribution is 6.34. The summed E-state index contributed by atoms with van der Waals surface area (Å²) in [6, 6.07) is 8.23. The minimum Gasteiger partial charge on any atom is -0.358 e. The molecule has 0 fully saturated rings. The SMILES string of the molecule is Cc1[nH]c(/C=C2\C(=O)Nc3ccc(F)cc32)c(C(F)(F)F)c1-c1ccc(F)cc1.